The molecule has 0 amide bonds. The monoisotopic (exact) mass is 257 g/mol. The minimum atomic E-state index is 0.553. The average molecular weight is 257 g/mol. The molecule has 0 fully saturated rings. The summed E-state index contributed by atoms with van der Waals surface area (Å²) in [4.78, 5) is 8.27. The minimum absolute atomic E-state index is 0.553. The lowest BCUT2D eigenvalue weighted by atomic mass is 10.1. The van der Waals surface area contributed by atoms with Crippen LogP contribution in [0.4, 0.5) is 5.82 Å². The molecule has 100 valence electrons. The van der Waals surface area contributed by atoms with Crippen molar-refractivity contribution < 1.29 is 4.74 Å². The van der Waals surface area contributed by atoms with E-state index < -0.39 is 0 Å². The topological polar surface area (TPSA) is 47.0 Å². The Labute approximate surface area is 113 Å². The number of rotatable bonds is 5. The molecule has 0 aliphatic rings. The first-order valence-corrected chi connectivity index (χ1v) is 6.50. The minimum Gasteiger partial charge on any atom is -0.439 e. The quantitative estimate of drug-likeness (QED) is 0.887. The summed E-state index contributed by atoms with van der Waals surface area (Å²) in [6.07, 6.45) is 2.56. The molecule has 0 bridgehead atoms. The van der Waals surface area contributed by atoms with Crippen molar-refractivity contribution in [2.45, 2.75) is 27.2 Å². The van der Waals surface area contributed by atoms with Crippen molar-refractivity contribution in [1.29, 1.82) is 0 Å². The molecular formula is C15H19N3O. The lowest BCUT2D eigenvalue weighted by Crippen LogP contribution is -2.02. The van der Waals surface area contributed by atoms with Crippen LogP contribution in [0.15, 0.2) is 30.6 Å². The number of nitrogens with zero attached hydrogens (tertiary/aromatic N) is 2. The van der Waals surface area contributed by atoms with Gasteiger partial charge in [0.05, 0.1) is 0 Å². The number of anilines is 1. The molecule has 0 saturated heterocycles. The van der Waals surface area contributed by atoms with Crippen LogP contribution >= 0.6 is 0 Å². The Morgan fingerprint density at radius 2 is 1.95 bits per heavy atom. The number of benzene rings is 1. The molecule has 1 aromatic heterocycles. The number of nitrogens with one attached hydrogen (secondary N) is 1. The summed E-state index contributed by atoms with van der Waals surface area (Å²) >= 11 is 0. The third-order valence-electron chi connectivity index (χ3n) is 2.90. The average Bonchev–Trinajstić information content (AvgIpc) is 2.41. The van der Waals surface area contributed by atoms with Gasteiger partial charge in [0.1, 0.15) is 17.9 Å². The molecule has 1 aromatic carbocycles. The van der Waals surface area contributed by atoms with Crippen molar-refractivity contribution in [3.8, 4) is 11.6 Å². The van der Waals surface area contributed by atoms with E-state index >= 15 is 0 Å². The van der Waals surface area contributed by atoms with Crippen LogP contribution in [0.3, 0.4) is 0 Å². The summed E-state index contributed by atoms with van der Waals surface area (Å²) in [5, 5.41) is 3.21. The zero-order valence-corrected chi connectivity index (χ0v) is 11.6. The first-order valence-electron chi connectivity index (χ1n) is 6.50. The van der Waals surface area contributed by atoms with Crippen LogP contribution in [-0.2, 0) is 0 Å². The summed E-state index contributed by atoms with van der Waals surface area (Å²) in [6, 6.07) is 7.81. The number of hydrogen-bond donors (Lipinski definition) is 1. The Kier molecular flexibility index (Phi) is 4.34. The highest BCUT2D eigenvalue weighted by atomic mass is 16.5. The molecule has 0 unspecified atom stereocenters. The van der Waals surface area contributed by atoms with E-state index in [0.717, 1.165) is 24.5 Å². The molecule has 2 aromatic rings. The van der Waals surface area contributed by atoms with E-state index in [4.69, 9.17) is 4.74 Å². The van der Waals surface area contributed by atoms with E-state index in [-0.39, 0.29) is 0 Å². The Morgan fingerprint density at radius 3 is 2.68 bits per heavy atom. The van der Waals surface area contributed by atoms with Gasteiger partial charge in [-0.2, -0.15) is 0 Å². The van der Waals surface area contributed by atoms with Crippen molar-refractivity contribution in [3.63, 3.8) is 0 Å². The van der Waals surface area contributed by atoms with Crippen molar-refractivity contribution in [2.24, 2.45) is 0 Å². The SMILES string of the molecule is CCCNc1cc(Oc2ccc(C)c(C)c2)ncn1. The summed E-state index contributed by atoms with van der Waals surface area (Å²) in [5.41, 5.74) is 2.45. The van der Waals surface area contributed by atoms with Gasteiger partial charge in [-0.3, -0.25) is 0 Å². The molecule has 4 nitrogen and oxygen atoms in total. The van der Waals surface area contributed by atoms with Crippen molar-refractivity contribution in [3.05, 3.63) is 41.7 Å². The van der Waals surface area contributed by atoms with Gasteiger partial charge in [-0.05, 0) is 43.5 Å². The number of hydrogen-bond acceptors (Lipinski definition) is 4. The first kappa shape index (κ1) is 13.3. The third kappa shape index (κ3) is 3.68. The molecule has 0 aliphatic carbocycles. The second kappa shape index (κ2) is 6.18. The second-order valence-corrected chi connectivity index (χ2v) is 4.52. The summed E-state index contributed by atoms with van der Waals surface area (Å²) in [5.74, 6) is 2.13. The fourth-order valence-corrected chi connectivity index (χ4v) is 1.64. The van der Waals surface area contributed by atoms with E-state index in [1.807, 2.05) is 24.3 Å². The predicted octanol–water partition coefficient (Wildman–Crippen LogP) is 3.71. The summed E-state index contributed by atoms with van der Waals surface area (Å²) in [6.45, 7) is 7.15. The Morgan fingerprint density at radius 1 is 1.11 bits per heavy atom. The van der Waals surface area contributed by atoms with E-state index in [9.17, 15) is 0 Å². The lowest BCUT2D eigenvalue weighted by Gasteiger charge is -2.08. The summed E-state index contributed by atoms with van der Waals surface area (Å²) < 4.78 is 5.74. The highest BCUT2D eigenvalue weighted by Crippen LogP contribution is 2.23. The van der Waals surface area contributed by atoms with Crippen LogP contribution in [0.25, 0.3) is 0 Å². The lowest BCUT2D eigenvalue weighted by molar-refractivity contribution is 0.461. The first-order chi connectivity index (χ1) is 9.19. The zero-order valence-electron chi connectivity index (χ0n) is 11.6. The second-order valence-electron chi connectivity index (χ2n) is 4.52. The van der Waals surface area contributed by atoms with Crippen LogP contribution in [0, 0.1) is 13.8 Å². The van der Waals surface area contributed by atoms with Gasteiger partial charge in [0.15, 0.2) is 0 Å². The highest BCUT2D eigenvalue weighted by molar-refractivity contribution is 5.40. The fraction of sp³-hybridized carbons (Fsp3) is 0.333. The number of aromatic nitrogens is 2. The molecule has 19 heavy (non-hydrogen) atoms. The van der Waals surface area contributed by atoms with Gasteiger partial charge < -0.3 is 10.1 Å². The Hall–Kier alpha value is -2.10. The molecular weight excluding hydrogens is 238 g/mol. The normalized spacial score (nSPS) is 10.3. The van der Waals surface area contributed by atoms with Gasteiger partial charge in [-0.1, -0.05) is 13.0 Å². The smallest absolute Gasteiger partial charge is 0.224 e. The molecule has 0 atom stereocenters. The zero-order chi connectivity index (χ0) is 13.7. The summed E-state index contributed by atoms with van der Waals surface area (Å²) in [7, 11) is 0. The maximum Gasteiger partial charge on any atom is 0.224 e. The molecule has 0 spiro atoms. The van der Waals surface area contributed by atoms with Crippen molar-refractivity contribution in [1.82, 2.24) is 9.97 Å². The van der Waals surface area contributed by atoms with Gasteiger partial charge in [-0.15, -0.1) is 0 Å². The fourth-order valence-electron chi connectivity index (χ4n) is 1.64. The van der Waals surface area contributed by atoms with E-state index in [0.29, 0.717) is 5.88 Å². The maximum absolute atomic E-state index is 5.74. The molecule has 1 heterocycles. The van der Waals surface area contributed by atoms with Crippen LogP contribution in [0.1, 0.15) is 24.5 Å². The van der Waals surface area contributed by atoms with Crippen LogP contribution in [0.5, 0.6) is 11.6 Å². The Bertz CT molecular complexity index is 555. The molecule has 4 heteroatoms. The largest absolute Gasteiger partial charge is 0.439 e. The molecule has 0 saturated carbocycles. The highest BCUT2D eigenvalue weighted by Gasteiger charge is 2.02. The van der Waals surface area contributed by atoms with Gasteiger partial charge in [0, 0.05) is 12.6 Å². The molecule has 0 aliphatic heterocycles. The van der Waals surface area contributed by atoms with E-state index in [1.54, 1.807) is 0 Å². The Balaban J connectivity index is 2.11. The van der Waals surface area contributed by atoms with E-state index in [1.165, 1.54) is 17.5 Å². The third-order valence-corrected chi connectivity index (χ3v) is 2.90. The standard InChI is InChI=1S/C15H19N3O/c1-4-7-16-14-9-15(18-10-17-14)19-13-6-5-11(2)12(3)8-13/h5-6,8-10H,4,7H2,1-3H3,(H,16,17,18). The number of ether oxygens (including phenoxy) is 1. The van der Waals surface area contributed by atoms with Crippen molar-refractivity contribution in [2.75, 3.05) is 11.9 Å². The van der Waals surface area contributed by atoms with E-state index in [2.05, 4.69) is 36.1 Å². The molecule has 1 N–H and O–H groups in total. The van der Waals surface area contributed by atoms with Gasteiger partial charge >= 0.3 is 0 Å². The van der Waals surface area contributed by atoms with Gasteiger partial charge in [0.2, 0.25) is 5.88 Å². The predicted molar refractivity (Wildman–Crippen MR) is 76.8 cm³/mol. The van der Waals surface area contributed by atoms with Gasteiger partial charge in [0.25, 0.3) is 0 Å². The molecule has 0 radical (unpaired) electrons. The van der Waals surface area contributed by atoms with Crippen molar-refractivity contribution >= 4 is 5.82 Å². The van der Waals surface area contributed by atoms with Gasteiger partial charge in [-0.25, -0.2) is 9.97 Å². The van der Waals surface area contributed by atoms with Crippen LogP contribution < -0.4 is 10.1 Å². The molecule has 2 rings (SSSR count). The maximum atomic E-state index is 5.74. The number of aryl methyl sites for hydroxylation is 2. The van der Waals surface area contributed by atoms with Crippen LogP contribution in [0.2, 0.25) is 0 Å². The van der Waals surface area contributed by atoms with Crippen LogP contribution in [-0.4, -0.2) is 16.5 Å².